The SMILES string of the molecule is Cc1ccc[n+](-c2ccc([N+](=O)[O-])c[nH+]2)c1.[Cl-].[Cl-]. The van der Waals surface area contributed by atoms with Crippen LogP contribution in [0.15, 0.2) is 42.9 Å². The summed E-state index contributed by atoms with van der Waals surface area (Å²) in [5, 5.41) is 10.5. The highest BCUT2D eigenvalue weighted by atomic mass is 35.5. The quantitative estimate of drug-likeness (QED) is 0.316. The van der Waals surface area contributed by atoms with Crippen molar-refractivity contribution in [1.29, 1.82) is 0 Å². The highest BCUT2D eigenvalue weighted by Crippen LogP contribution is 2.05. The van der Waals surface area contributed by atoms with Crippen molar-refractivity contribution in [2.75, 3.05) is 0 Å². The first-order valence-corrected chi connectivity index (χ1v) is 4.81. The van der Waals surface area contributed by atoms with E-state index in [9.17, 15) is 10.1 Å². The van der Waals surface area contributed by atoms with Crippen molar-refractivity contribution in [3.8, 4) is 5.82 Å². The first-order valence-electron chi connectivity index (χ1n) is 4.81. The Bertz CT molecular complexity index is 532. The van der Waals surface area contributed by atoms with Crippen LogP contribution in [0.1, 0.15) is 5.56 Å². The summed E-state index contributed by atoms with van der Waals surface area (Å²) in [5.41, 5.74) is 1.17. The summed E-state index contributed by atoms with van der Waals surface area (Å²) in [5.74, 6) is 0.786. The summed E-state index contributed by atoms with van der Waals surface area (Å²) >= 11 is 0. The molecule has 2 heterocycles. The molecule has 0 bridgehead atoms. The molecule has 0 unspecified atom stereocenters. The van der Waals surface area contributed by atoms with E-state index in [1.165, 1.54) is 12.3 Å². The topological polar surface area (TPSA) is 61.2 Å². The maximum Gasteiger partial charge on any atom is 0.447 e. The lowest BCUT2D eigenvalue weighted by atomic mass is 10.3. The fourth-order valence-electron chi connectivity index (χ4n) is 1.43. The molecule has 0 aliphatic heterocycles. The number of aryl methyl sites for hydroxylation is 1. The zero-order valence-electron chi connectivity index (χ0n) is 9.51. The monoisotopic (exact) mass is 287 g/mol. The Hall–Kier alpha value is -1.72. The molecule has 96 valence electrons. The average Bonchev–Trinajstić information content (AvgIpc) is 2.29. The predicted octanol–water partition coefficient (Wildman–Crippen LogP) is -5.00. The van der Waals surface area contributed by atoms with E-state index in [-0.39, 0.29) is 30.5 Å². The minimum Gasteiger partial charge on any atom is -1.00 e. The van der Waals surface area contributed by atoms with Gasteiger partial charge in [-0.05, 0) is 13.0 Å². The summed E-state index contributed by atoms with van der Waals surface area (Å²) in [6.45, 7) is 1.99. The van der Waals surface area contributed by atoms with Gasteiger partial charge in [0.25, 0.3) is 6.20 Å². The third kappa shape index (κ3) is 3.65. The number of aromatic amines is 1. The van der Waals surface area contributed by atoms with Gasteiger partial charge in [0.15, 0.2) is 12.4 Å². The van der Waals surface area contributed by atoms with Crippen LogP contribution in [0.25, 0.3) is 5.82 Å². The third-order valence-electron chi connectivity index (χ3n) is 2.22. The molecule has 0 saturated carbocycles. The van der Waals surface area contributed by atoms with E-state index in [0.717, 1.165) is 11.4 Å². The third-order valence-corrected chi connectivity index (χ3v) is 2.22. The molecule has 0 spiro atoms. The van der Waals surface area contributed by atoms with Crippen LogP contribution in [0.4, 0.5) is 5.69 Å². The lowest BCUT2D eigenvalue weighted by molar-refractivity contribution is -0.673. The number of rotatable bonds is 2. The van der Waals surface area contributed by atoms with Gasteiger partial charge in [-0.2, -0.15) is 0 Å². The van der Waals surface area contributed by atoms with Crippen molar-refractivity contribution >= 4 is 5.69 Å². The van der Waals surface area contributed by atoms with Gasteiger partial charge < -0.3 is 24.8 Å². The summed E-state index contributed by atoms with van der Waals surface area (Å²) in [7, 11) is 0. The molecular weight excluding hydrogens is 277 g/mol. The van der Waals surface area contributed by atoms with Gasteiger partial charge >= 0.3 is 11.5 Å². The van der Waals surface area contributed by atoms with Crippen LogP contribution in [0.2, 0.25) is 0 Å². The second kappa shape index (κ2) is 6.88. The molecule has 18 heavy (non-hydrogen) atoms. The largest absolute Gasteiger partial charge is 1.00 e. The molecule has 2 aromatic rings. The molecular formula is C11H11Cl2N3O2. The van der Waals surface area contributed by atoms with Gasteiger partial charge in [0.05, 0.1) is 11.0 Å². The Labute approximate surface area is 116 Å². The molecule has 1 N–H and O–H groups in total. The van der Waals surface area contributed by atoms with Gasteiger partial charge in [0, 0.05) is 17.7 Å². The number of hydrogen-bond donors (Lipinski definition) is 0. The number of pyridine rings is 2. The number of nitrogens with one attached hydrogen (secondary N) is 1. The maximum absolute atomic E-state index is 10.5. The van der Waals surface area contributed by atoms with Crippen LogP contribution in [0.3, 0.4) is 0 Å². The zero-order valence-corrected chi connectivity index (χ0v) is 11.0. The van der Waals surface area contributed by atoms with Crippen LogP contribution in [0.5, 0.6) is 0 Å². The van der Waals surface area contributed by atoms with Crippen LogP contribution in [0, 0.1) is 17.0 Å². The van der Waals surface area contributed by atoms with Gasteiger partial charge in [0.2, 0.25) is 0 Å². The first kappa shape index (κ1) is 16.3. The molecule has 0 fully saturated rings. The summed E-state index contributed by atoms with van der Waals surface area (Å²) in [6, 6.07) is 7.06. The van der Waals surface area contributed by atoms with Crippen LogP contribution in [-0.4, -0.2) is 4.92 Å². The normalized spacial score (nSPS) is 8.94. The Morgan fingerprint density at radius 2 is 2.00 bits per heavy atom. The fourth-order valence-corrected chi connectivity index (χ4v) is 1.43. The van der Waals surface area contributed by atoms with E-state index in [1.54, 1.807) is 6.07 Å². The number of hydrogen-bond acceptors (Lipinski definition) is 2. The molecule has 0 amide bonds. The highest BCUT2D eigenvalue weighted by molar-refractivity contribution is 5.24. The minimum absolute atomic E-state index is 0. The second-order valence-corrected chi connectivity index (χ2v) is 3.48. The summed E-state index contributed by atoms with van der Waals surface area (Å²) in [6.07, 6.45) is 5.20. The Morgan fingerprint density at radius 3 is 2.50 bits per heavy atom. The molecule has 5 nitrogen and oxygen atoms in total. The van der Waals surface area contributed by atoms with Crippen molar-refractivity contribution in [3.63, 3.8) is 0 Å². The van der Waals surface area contributed by atoms with Gasteiger partial charge in [0.1, 0.15) is 0 Å². The Morgan fingerprint density at radius 1 is 1.28 bits per heavy atom. The van der Waals surface area contributed by atoms with Crippen LogP contribution < -0.4 is 34.4 Å². The number of aromatic nitrogens is 2. The van der Waals surface area contributed by atoms with Crippen LogP contribution in [-0.2, 0) is 0 Å². The van der Waals surface area contributed by atoms with Crippen molar-refractivity contribution in [2.24, 2.45) is 0 Å². The number of H-pyrrole nitrogens is 1. The van der Waals surface area contributed by atoms with Crippen LogP contribution >= 0.6 is 0 Å². The van der Waals surface area contributed by atoms with E-state index in [1.807, 2.05) is 36.0 Å². The summed E-state index contributed by atoms with van der Waals surface area (Å²) < 4.78 is 1.87. The van der Waals surface area contributed by atoms with Crippen molar-refractivity contribution < 1.29 is 39.3 Å². The van der Waals surface area contributed by atoms with E-state index < -0.39 is 4.92 Å². The van der Waals surface area contributed by atoms with Gasteiger partial charge in [-0.3, -0.25) is 10.1 Å². The summed E-state index contributed by atoms with van der Waals surface area (Å²) in [4.78, 5) is 12.9. The van der Waals surface area contributed by atoms with Crippen molar-refractivity contribution in [3.05, 3.63) is 58.5 Å². The van der Waals surface area contributed by atoms with E-state index >= 15 is 0 Å². The Balaban J connectivity index is 0.00000144. The van der Waals surface area contributed by atoms with Crippen molar-refractivity contribution in [1.82, 2.24) is 0 Å². The number of nitrogens with zero attached hydrogens (tertiary/aromatic N) is 2. The van der Waals surface area contributed by atoms with E-state index in [4.69, 9.17) is 0 Å². The molecule has 2 aromatic heterocycles. The molecule has 0 radical (unpaired) electrons. The van der Waals surface area contributed by atoms with Gasteiger partial charge in [-0.25, -0.2) is 0 Å². The minimum atomic E-state index is -0.429. The molecule has 2 rings (SSSR count). The Kier molecular flexibility index (Phi) is 6.22. The van der Waals surface area contributed by atoms with Gasteiger partial charge in [-0.15, -0.1) is 9.55 Å². The highest BCUT2D eigenvalue weighted by Gasteiger charge is 2.16. The predicted molar refractivity (Wildman–Crippen MR) is 55.9 cm³/mol. The van der Waals surface area contributed by atoms with E-state index in [2.05, 4.69) is 4.98 Å². The van der Waals surface area contributed by atoms with E-state index in [0.29, 0.717) is 0 Å². The first-order chi connectivity index (χ1) is 7.66. The standard InChI is InChI=1S/C11H10N3O2.2ClH/c1-9-3-2-6-13(8-9)11-5-4-10(7-12-11)14(15)16;;/h2-8H,1H3;2*1H/q+1;;/p-1. The molecule has 0 aliphatic rings. The molecule has 0 saturated heterocycles. The van der Waals surface area contributed by atoms with Gasteiger partial charge in [-0.1, -0.05) is 0 Å². The molecule has 0 aromatic carbocycles. The maximum atomic E-state index is 10.5. The number of halogens is 2. The van der Waals surface area contributed by atoms with Crippen molar-refractivity contribution in [2.45, 2.75) is 6.92 Å². The molecule has 0 aliphatic carbocycles. The second-order valence-electron chi connectivity index (χ2n) is 3.48. The lowest BCUT2D eigenvalue weighted by Crippen LogP contribution is -3.00. The smallest absolute Gasteiger partial charge is 0.447 e. The molecule has 0 atom stereocenters. The lowest BCUT2D eigenvalue weighted by Gasteiger charge is -1.91. The average molecular weight is 288 g/mol. The fraction of sp³-hybridized carbons (Fsp3) is 0.0909. The zero-order chi connectivity index (χ0) is 11.5. The molecule has 7 heteroatoms. The number of nitro groups is 1.